The van der Waals surface area contributed by atoms with Crippen molar-refractivity contribution in [3.63, 3.8) is 0 Å². The maximum absolute atomic E-state index is 13.1. The minimum atomic E-state index is -4.80. The molecule has 0 aromatic heterocycles. The number of carbonyl (C=O) groups excluding carboxylic acids is 1. The van der Waals surface area contributed by atoms with Crippen LogP contribution in [0.4, 0.5) is 24.5 Å². The molecule has 1 N–H and O–H groups in total. The number of benzene rings is 1. The van der Waals surface area contributed by atoms with Gasteiger partial charge in [-0.1, -0.05) is 12.8 Å². The van der Waals surface area contributed by atoms with Crippen LogP contribution < -0.4 is 5.32 Å². The minimum Gasteiger partial charge on any atom is -0.325 e. The summed E-state index contributed by atoms with van der Waals surface area (Å²) < 4.78 is 39.3. The number of hydrogen-bond acceptors (Lipinski definition) is 4. The molecule has 132 valence electrons. The molecule has 0 bridgehead atoms. The Morgan fingerprint density at radius 3 is 2.54 bits per heavy atom. The van der Waals surface area contributed by atoms with Crippen molar-refractivity contribution in [3.8, 4) is 0 Å². The number of thioether (sulfide) groups is 1. The molecular formula is C15H17F3N2O3S. The van der Waals surface area contributed by atoms with Gasteiger partial charge in [0, 0.05) is 17.4 Å². The number of amides is 1. The Morgan fingerprint density at radius 2 is 2.00 bits per heavy atom. The van der Waals surface area contributed by atoms with Crippen molar-refractivity contribution >= 4 is 29.0 Å². The number of halogens is 3. The third-order valence-electron chi connectivity index (χ3n) is 3.85. The summed E-state index contributed by atoms with van der Waals surface area (Å²) in [6.45, 7) is 1.65. The maximum atomic E-state index is 13.1. The second-order valence-corrected chi connectivity index (χ2v) is 7.30. The Morgan fingerprint density at radius 1 is 1.38 bits per heavy atom. The highest BCUT2D eigenvalue weighted by atomic mass is 32.2. The summed E-state index contributed by atoms with van der Waals surface area (Å²) in [6.07, 6.45) is -0.573. The summed E-state index contributed by atoms with van der Waals surface area (Å²) in [5.41, 5.74) is -2.35. The van der Waals surface area contributed by atoms with Crippen molar-refractivity contribution in [1.82, 2.24) is 0 Å². The van der Waals surface area contributed by atoms with Crippen LogP contribution in [-0.2, 0) is 11.0 Å². The molecule has 1 aliphatic carbocycles. The first kappa shape index (κ1) is 18.6. The summed E-state index contributed by atoms with van der Waals surface area (Å²) in [4.78, 5) is 21.9. The van der Waals surface area contributed by atoms with Gasteiger partial charge in [-0.3, -0.25) is 14.9 Å². The molecule has 9 heteroatoms. The summed E-state index contributed by atoms with van der Waals surface area (Å²) in [5, 5.41) is 12.8. The van der Waals surface area contributed by atoms with Crippen LogP contribution in [0.25, 0.3) is 0 Å². The molecule has 1 aliphatic rings. The van der Waals surface area contributed by atoms with Gasteiger partial charge < -0.3 is 5.32 Å². The van der Waals surface area contributed by atoms with E-state index in [-0.39, 0.29) is 0 Å². The normalized spacial score (nSPS) is 16.8. The fourth-order valence-corrected chi connectivity index (χ4v) is 3.96. The summed E-state index contributed by atoms with van der Waals surface area (Å²) in [7, 11) is 0. The van der Waals surface area contributed by atoms with E-state index in [0.717, 1.165) is 37.8 Å². The van der Waals surface area contributed by atoms with Gasteiger partial charge in [0.15, 0.2) is 0 Å². The van der Waals surface area contributed by atoms with Gasteiger partial charge in [-0.2, -0.15) is 13.2 Å². The van der Waals surface area contributed by atoms with Crippen LogP contribution in [0.3, 0.4) is 0 Å². The molecule has 2 rings (SSSR count). The quantitative estimate of drug-likeness (QED) is 0.613. The number of nitro benzene ring substituents is 1. The van der Waals surface area contributed by atoms with Gasteiger partial charge in [0.25, 0.3) is 5.69 Å². The molecule has 24 heavy (non-hydrogen) atoms. The molecule has 0 aliphatic heterocycles. The average molecular weight is 362 g/mol. The molecular weight excluding hydrogens is 345 g/mol. The van der Waals surface area contributed by atoms with Gasteiger partial charge in [-0.05, 0) is 25.8 Å². The fourth-order valence-electron chi connectivity index (χ4n) is 2.60. The van der Waals surface area contributed by atoms with E-state index in [2.05, 4.69) is 5.32 Å². The number of nitrogens with zero attached hydrogens (tertiary/aromatic N) is 1. The zero-order chi connectivity index (χ0) is 17.9. The van der Waals surface area contributed by atoms with E-state index in [0.29, 0.717) is 11.3 Å². The van der Waals surface area contributed by atoms with Crippen molar-refractivity contribution in [2.75, 3.05) is 5.32 Å². The standard InChI is InChI=1S/C15H17F3N2O3S/c1-9(24-11-4-2-3-5-11)14(21)19-13-7-6-10(20(22)23)8-12(13)15(16,17)18/h6-9,11H,2-5H2,1H3,(H,19,21)/t9-/m1/s1. The van der Waals surface area contributed by atoms with Gasteiger partial charge in [0.2, 0.25) is 5.91 Å². The number of non-ortho nitro benzene ring substituents is 1. The Balaban J connectivity index is 2.15. The number of anilines is 1. The maximum Gasteiger partial charge on any atom is 0.418 e. The van der Waals surface area contributed by atoms with Crippen molar-refractivity contribution < 1.29 is 22.9 Å². The molecule has 0 unspecified atom stereocenters. The molecule has 0 heterocycles. The predicted octanol–water partition coefficient (Wildman–Crippen LogP) is 4.62. The van der Waals surface area contributed by atoms with E-state index in [4.69, 9.17) is 0 Å². The second-order valence-electron chi connectivity index (χ2n) is 5.66. The Hall–Kier alpha value is -1.77. The van der Waals surface area contributed by atoms with E-state index < -0.39 is 39.2 Å². The van der Waals surface area contributed by atoms with Gasteiger partial charge >= 0.3 is 6.18 Å². The number of carbonyl (C=O) groups is 1. The number of nitrogens with one attached hydrogen (secondary N) is 1. The van der Waals surface area contributed by atoms with Crippen molar-refractivity contribution in [3.05, 3.63) is 33.9 Å². The van der Waals surface area contributed by atoms with Gasteiger partial charge in [-0.25, -0.2) is 0 Å². The second kappa shape index (κ2) is 7.42. The number of alkyl halides is 3. The van der Waals surface area contributed by atoms with Crippen LogP contribution in [0.2, 0.25) is 0 Å². The highest BCUT2D eigenvalue weighted by molar-refractivity contribution is 8.01. The smallest absolute Gasteiger partial charge is 0.325 e. The van der Waals surface area contributed by atoms with Crippen LogP contribution in [0.1, 0.15) is 38.2 Å². The topological polar surface area (TPSA) is 72.2 Å². The lowest BCUT2D eigenvalue weighted by molar-refractivity contribution is -0.385. The highest BCUT2D eigenvalue weighted by Gasteiger charge is 2.36. The first-order valence-electron chi connectivity index (χ1n) is 7.50. The third kappa shape index (κ3) is 4.62. The van der Waals surface area contributed by atoms with E-state index in [1.807, 2.05) is 0 Å². The Kier molecular flexibility index (Phi) is 5.74. The van der Waals surface area contributed by atoms with E-state index in [1.165, 1.54) is 11.8 Å². The lowest BCUT2D eigenvalue weighted by Gasteiger charge is -2.18. The number of rotatable bonds is 5. The number of nitro groups is 1. The van der Waals surface area contributed by atoms with E-state index in [1.54, 1.807) is 6.92 Å². The van der Waals surface area contributed by atoms with Crippen LogP contribution in [-0.4, -0.2) is 21.3 Å². The molecule has 0 saturated heterocycles. The van der Waals surface area contributed by atoms with Gasteiger partial charge in [-0.15, -0.1) is 11.8 Å². The van der Waals surface area contributed by atoms with Crippen LogP contribution in [0.15, 0.2) is 18.2 Å². The first-order valence-corrected chi connectivity index (χ1v) is 8.44. The molecule has 1 aromatic carbocycles. The van der Waals surface area contributed by atoms with Crippen LogP contribution >= 0.6 is 11.8 Å². The molecule has 5 nitrogen and oxygen atoms in total. The summed E-state index contributed by atoms with van der Waals surface area (Å²) >= 11 is 1.45. The van der Waals surface area contributed by atoms with Gasteiger partial charge in [0.1, 0.15) is 0 Å². The molecule has 0 spiro atoms. The SMILES string of the molecule is C[C@@H](SC1CCCC1)C(=O)Nc1ccc([N+](=O)[O-])cc1C(F)(F)F. The average Bonchev–Trinajstić information content (AvgIpc) is 2.99. The molecule has 1 aromatic rings. The van der Waals surface area contributed by atoms with E-state index >= 15 is 0 Å². The molecule has 1 fully saturated rings. The first-order chi connectivity index (χ1) is 11.2. The molecule has 1 atom stereocenters. The van der Waals surface area contributed by atoms with Crippen molar-refractivity contribution in [2.45, 2.75) is 49.3 Å². The predicted molar refractivity (Wildman–Crippen MR) is 86.0 cm³/mol. The molecule has 1 saturated carbocycles. The zero-order valence-corrected chi connectivity index (χ0v) is 13.7. The number of hydrogen-bond donors (Lipinski definition) is 1. The van der Waals surface area contributed by atoms with Crippen LogP contribution in [0, 0.1) is 10.1 Å². The Labute approximate surface area is 141 Å². The summed E-state index contributed by atoms with van der Waals surface area (Å²) in [6, 6.07) is 2.30. The van der Waals surface area contributed by atoms with Crippen molar-refractivity contribution in [1.29, 1.82) is 0 Å². The van der Waals surface area contributed by atoms with Crippen LogP contribution in [0.5, 0.6) is 0 Å². The van der Waals surface area contributed by atoms with E-state index in [9.17, 15) is 28.1 Å². The fraction of sp³-hybridized carbons (Fsp3) is 0.533. The lowest BCUT2D eigenvalue weighted by atomic mass is 10.1. The highest BCUT2D eigenvalue weighted by Crippen LogP contribution is 2.38. The molecule has 1 amide bonds. The zero-order valence-electron chi connectivity index (χ0n) is 12.9. The van der Waals surface area contributed by atoms with Crippen molar-refractivity contribution in [2.24, 2.45) is 0 Å². The minimum absolute atomic E-state index is 0.352. The Bertz CT molecular complexity index is 631. The lowest BCUT2D eigenvalue weighted by Crippen LogP contribution is -2.25. The van der Waals surface area contributed by atoms with Gasteiger partial charge in [0.05, 0.1) is 21.4 Å². The molecule has 0 radical (unpaired) electrons. The third-order valence-corrected chi connectivity index (χ3v) is 5.32. The monoisotopic (exact) mass is 362 g/mol. The largest absolute Gasteiger partial charge is 0.418 e. The summed E-state index contributed by atoms with van der Waals surface area (Å²) in [5.74, 6) is -0.536.